The third kappa shape index (κ3) is 0.695. The van der Waals surface area contributed by atoms with Crippen LogP contribution in [0.15, 0.2) is 18.2 Å². The van der Waals surface area contributed by atoms with E-state index in [1.807, 2.05) is 18.2 Å². The highest BCUT2D eigenvalue weighted by Crippen LogP contribution is 2.12. The smallest absolute Gasteiger partial charge is 0.106 e. The molecule has 0 saturated heterocycles. The maximum absolute atomic E-state index is 3.87. The van der Waals surface area contributed by atoms with Crippen LogP contribution in [0.2, 0.25) is 0 Å². The normalized spacial score (nSPS) is 10.2. The van der Waals surface area contributed by atoms with Crippen molar-refractivity contribution in [3.05, 3.63) is 24.3 Å². The van der Waals surface area contributed by atoms with Gasteiger partial charge in [0.15, 0.2) is 0 Å². The van der Waals surface area contributed by atoms with E-state index >= 15 is 0 Å². The van der Waals surface area contributed by atoms with Crippen LogP contribution in [0.1, 0.15) is 0 Å². The number of hydrogen-bond acceptors (Lipinski definition) is 3. The fraction of sp³-hybridized carbons (Fsp3) is 0. The van der Waals surface area contributed by atoms with E-state index in [1.54, 1.807) is 0 Å². The minimum atomic E-state index is 0.957. The predicted molar refractivity (Wildman–Crippen MR) is 36.3 cm³/mol. The molecule has 0 amide bonds. The van der Waals surface area contributed by atoms with Crippen molar-refractivity contribution in [1.29, 1.82) is 0 Å². The number of nitrogens with zero attached hydrogens (tertiary/aromatic N) is 2. The zero-order chi connectivity index (χ0) is 6.10. The van der Waals surface area contributed by atoms with Crippen LogP contribution in [-0.4, -0.2) is 9.59 Å². The van der Waals surface area contributed by atoms with Crippen LogP contribution < -0.4 is 0 Å². The molecule has 1 radical (unpaired) electrons. The molecule has 0 aliphatic rings. The van der Waals surface area contributed by atoms with Gasteiger partial charge in [0.2, 0.25) is 0 Å². The van der Waals surface area contributed by atoms with Gasteiger partial charge in [-0.3, -0.25) is 0 Å². The summed E-state index contributed by atoms with van der Waals surface area (Å²) in [5.74, 6) is 0. The Morgan fingerprint density at radius 2 is 2.56 bits per heavy atom. The van der Waals surface area contributed by atoms with Gasteiger partial charge in [0.25, 0.3) is 0 Å². The van der Waals surface area contributed by atoms with E-state index in [-0.39, 0.29) is 0 Å². The molecular formula is C6H3N2S. The second kappa shape index (κ2) is 1.77. The molecule has 2 aromatic rings. The SMILES string of the molecule is [c]1ccc2nnsc2c1. The number of aromatic nitrogens is 2. The van der Waals surface area contributed by atoms with Crippen molar-refractivity contribution in [3.8, 4) is 0 Å². The van der Waals surface area contributed by atoms with Crippen LogP contribution in [0.4, 0.5) is 0 Å². The Balaban J connectivity index is 2.95. The Labute approximate surface area is 56.3 Å². The highest BCUT2D eigenvalue weighted by molar-refractivity contribution is 7.12. The van der Waals surface area contributed by atoms with Crippen LogP contribution in [-0.2, 0) is 0 Å². The van der Waals surface area contributed by atoms with Crippen molar-refractivity contribution in [2.75, 3.05) is 0 Å². The summed E-state index contributed by atoms with van der Waals surface area (Å²) in [7, 11) is 0. The second-order valence-electron chi connectivity index (χ2n) is 1.67. The molecular weight excluding hydrogens is 132 g/mol. The van der Waals surface area contributed by atoms with Gasteiger partial charge in [-0.25, -0.2) is 0 Å². The van der Waals surface area contributed by atoms with E-state index in [9.17, 15) is 0 Å². The van der Waals surface area contributed by atoms with Gasteiger partial charge < -0.3 is 0 Å². The first-order valence-corrected chi connectivity index (χ1v) is 3.32. The Morgan fingerprint density at radius 3 is 3.44 bits per heavy atom. The van der Waals surface area contributed by atoms with Crippen molar-refractivity contribution >= 4 is 21.7 Å². The molecule has 0 aliphatic carbocycles. The number of fused-ring (bicyclic) bond motifs is 1. The van der Waals surface area contributed by atoms with Gasteiger partial charge in [-0.15, -0.1) is 5.10 Å². The molecule has 0 aliphatic heterocycles. The minimum Gasteiger partial charge on any atom is -0.138 e. The predicted octanol–water partition coefficient (Wildman–Crippen LogP) is 1.49. The maximum Gasteiger partial charge on any atom is 0.106 e. The Kier molecular flexibility index (Phi) is 0.960. The first kappa shape index (κ1) is 4.88. The summed E-state index contributed by atoms with van der Waals surface area (Å²) in [5, 5.41) is 3.87. The molecule has 2 rings (SSSR count). The van der Waals surface area contributed by atoms with Crippen molar-refractivity contribution in [2.45, 2.75) is 0 Å². The molecule has 0 bridgehead atoms. The quantitative estimate of drug-likeness (QED) is 0.547. The molecule has 43 valence electrons. The van der Waals surface area contributed by atoms with Crippen LogP contribution >= 0.6 is 11.5 Å². The highest BCUT2D eigenvalue weighted by atomic mass is 32.1. The molecule has 0 spiro atoms. The van der Waals surface area contributed by atoms with E-state index in [4.69, 9.17) is 0 Å². The lowest BCUT2D eigenvalue weighted by atomic mass is 10.3. The standard InChI is InChI=1S/C6H3N2S/c1-2-4-6-5(3-1)7-8-9-6/h1,3-4H. The molecule has 1 heterocycles. The monoisotopic (exact) mass is 135 g/mol. The first-order chi connectivity index (χ1) is 4.47. The molecule has 2 nitrogen and oxygen atoms in total. The highest BCUT2D eigenvalue weighted by Gasteiger charge is 1.91. The van der Waals surface area contributed by atoms with Gasteiger partial charge in [0.1, 0.15) is 5.52 Å². The molecule has 3 heteroatoms. The molecule has 0 saturated carbocycles. The molecule has 1 aromatic heterocycles. The van der Waals surface area contributed by atoms with Crippen LogP contribution in [0.3, 0.4) is 0 Å². The molecule has 1 aromatic carbocycles. The minimum absolute atomic E-state index is 0.957. The van der Waals surface area contributed by atoms with Gasteiger partial charge in [0, 0.05) is 0 Å². The van der Waals surface area contributed by atoms with Crippen LogP contribution in [0.5, 0.6) is 0 Å². The van der Waals surface area contributed by atoms with E-state index in [0.29, 0.717) is 0 Å². The van der Waals surface area contributed by atoms with Crippen LogP contribution in [0, 0.1) is 6.07 Å². The molecule has 0 N–H and O–H groups in total. The first-order valence-electron chi connectivity index (χ1n) is 2.55. The van der Waals surface area contributed by atoms with E-state index in [0.717, 1.165) is 10.2 Å². The largest absolute Gasteiger partial charge is 0.138 e. The van der Waals surface area contributed by atoms with E-state index < -0.39 is 0 Å². The lowest BCUT2D eigenvalue weighted by molar-refractivity contribution is 1.20. The fourth-order valence-electron chi connectivity index (χ4n) is 0.671. The van der Waals surface area contributed by atoms with Gasteiger partial charge in [0.05, 0.1) is 4.70 Å². The maximum atomic E-state index is 3.87. The average molecular weight is 135 g/mol. The molecule has 9 heavy (non-hydrogen) atoms. The van der Waals surface area contributed by atoms with Crippen LogP contribution in [0.25, 0.3) is 10.2 Å². The van der Waals surface area contributed by atoms with Gasteiger partial charge in [-0.1, -0.05) is 10.6 Å². The zero-order valence-corrected chi connectivity index (χ0v) is 5.35. The molecule has 0 fully saturated rings. The summed E-state index contributed by atoms with van der Waals surface area (Å²) in [6.07, 6.45) is 0. The van der Waals surface area contributed by atoms with E-state index in [1.165, 1.54) is 11.5 Å². The van der Waals surface area contributed by atoms with Crippen molar-refractivity contribution in [3.63, 3.8) is 0 Å². The Hall–Kier alpha value is -0.960. The number of hydrogen-bond donors (Lipinski definition) is 0. The summed E-state index contributed by atoms with van der Waals surface area (Å²) < 4.78 is 4.87. The second-order valence-corrected chi connectivity index (χ2v) is 2.45. The van der Waals surface area contributed by atoms with Gasteiger partial charge in [-0.2, -0.15) is 0 Å². The lowest BCUT2D eigenvalue weighted by Crippen LogP contribution is -1.64. The van der Waals surface area contributed by atoms with Crippen molar-refractivity contribution in [1.82, 2.24) is 9.59 Å². The number of rotatable bonds is 0. The summed E-state index contributed by atoms with van der Waals surface area (Å²) in [6, 6.07) is 8.58. The average Bonchev–Trinajstić information content (AvgIpc) is 2.33. The summed E-state index contributed by atoms with van der Waals surface area (Å²) in [4.78, 5) is 0. The Morgan fingerprint density at radius 1 is 1.56 bits per heavy atom. The Bertz CT molecular complexity index is 285. The third-order valence-electron chi connectivity index (χ3n) is 1.09. The third-order valence-corrected chi connectivity index (χ3v) is 1.78. The molecule has 0 unspecified atom stereocenters. The fourth-order valence-corrected chi connectivity index (χ4v) is 1.21. The van der Waals surface area contributed by atoms with Crippen molar-refractivity contribution < 1.29 is 0 Å². The topological polar surface area (TPSA) is 25.8 Å². The number of benzene rings is 1. The van der Waals surface area contributed by atoms with Gasteiger partial charge in [-0.05, 0) is 29.7 Å². The van der Waals surface area contributed by atoms with E-state index in [2.05, 4.69) is 15.7 Å². The lowest BCUT2D eigenvalue weighted by Gasteiger charge is -1.77. The summed E-state index contributed by atoms with van der Waals surface area (Å²) in [5.41, 5.74) is 0.957. The van der Waals surface area contributed by atoms with Crippen molar-refractivity contribution in [2.24, 2.45) is 0 Å². The summed E-state index contributed by atoms with van der Waals surface area (Å²) >= 11 is 1.39. The van der Waals surface area contributed by atoms with Gasteiger partial charge >= 0.3 is 0 Å². The summed E-state index contributed by atoms with van der Waals surface area (Å²) in [6.45, 7) is 0. The zero-order valence-electron chi connectivity index (χ0n) is 4.53. The molecule has 0 atom stereocenters.